The molecule has 1 saturated carbocycles. The molecule has 5 amide bonds. The third kappa shape index (κ3) is 10.8. The van der Waals surface area contributed by atoms with Gasteiger partial charge in [-0.05, 0) is 88.4 Å². The van der Waals surface area contributed by atoms with E-state index < -0.39 is 17.9 Å². The van der Waals surface area contributed by atoms with Gasteiger partial charge in [-0.25, -0.2) is 14.0 Å². The lowest BCUT2D eigenvalue weighted by Gasteiger charge is -2.36. The third-order valence-corrected chi connectivity index (χ3v) is 9.14. The molecule has 0 aromatic heterocycles. The zero-order valence-corrected chi connectivity index (χ0v) is 28.7. The molecule has 4 rings (SSSR count). The van der Waals surface area contributed by atoms with E-state index in [-0.39, 0.29) is 54.8 Å². The minimum absolute atomic E-state index is 0.128. The van der Waals surface area contributed by atoms with E-state index in [1.54, 1.807) is 42.0 Å². The minimum Gasteiger partial charge on any atom is -0.490 e. The van der Waals surface area contributed by atoms with Crippen LogP contribution in [-0.4, -0.2) is 90.5 Å². The number of nitrogens with zero attached hydrogens (tertiary/aromatic N) is 2. The van der Waals surface area contributed by atoms with Gasteiger partial charge in [-0.1, -0.05) is 26.2 Å². The summed E-state index contributed by atoms with van der Waals surface area (Å²) in [6, 6.07) is 9.25. The van der Waals surface area contributed by atoms with Crippen LogP contribution in [0.1, 0.15) is 82.5 Å². The Morgan fingerprint density at radius 3 is 2.38 bits per heavy atom. The smallest absolute Gasteiger partial charge is 0.323 e. The zero-order valence-electron chi connectivity index (χ0n) is 28.7. The second-order valence-electron chi connectivity index (χ2n) is 13.3. The van der Waals surface area contributed by atoms with Crippen molar-refractivity contribution in [3.05, 3.63) is 53.8 Å². The van der Waals surface area contributed by atoms with Crippen LogP contribution in [0.3, 0.4) is 0 Å². The lowest BCUT2D eigenvalue weighted by Crippen LogP contribution is -2.50. The molecular weight excluding hydrogens is 617 g/mol. The van der Waals surface area contributed by atoms with E-state index in [9.17, 15) is 23.9 Å². The van der Waals surface area contributed by atoms with Crippen LogP contribution in [0.25, 0.3) is 0 Å². The monoisotopic (exact) mass is 669 g/mol. The number of carbonyl (C=O) groups excluding carboxylic acids is 3. The van der Waals surface area contributed by atoms with E-state index in [2.05, 4.69) is 16.0 Å². The van der Waals surface area contributed by atoms with E-state index in [4.69, 9.17) is 9.47 Å². The van der Waals surface area contributed by atoms with Crippen molar-refractivity contribution in [2.45, 2.75) is 96.4 Å². The first-order valence-electron chi connectivity index (χ1n) is 17.2. The zero-order chi connectivity index (χ0) is 34.6. The molecular formula is C36H52FN5O6. The molecule has 12 heteroatoms. The summed E-state index contributed by atoms with van der Waals surface area (Å²) in [5.41, 5.74) is 1.01. The van der Waals surface area contributed by atoms with Gasteiger partial charge in [-0.2, -0.15) is 0 Å². The van der Waals surface area contributed by atoms with Crippen molar-refractivity contribution in [2.75, 3.05) is 44.0 Å². The van der Waals surface area contributed by atoms with Gasteiger partial charge in [-0.3, -0.25) is 4.79 Å². The Kier molecular flexibility index (Phi) is 13.9. The summed E-state index contributed by atoms with van der Waals surface area (Å²) < 4.78 is 26.0. The average molecular weight is 670 g/mol. The van der Waals surface area contributed by atoms with Crippen LogP contribution >= 0.6 is 0 Å². The van der Waals surface area contributed by atoms with Crippen molar-refractivity contribution in [1.82, 2.24) is 15.1 Å². The summed E-state index contributed by atoms with van der Waals surface area (Å²) in [6.45, 7) is 6.55. The number of carbonyl (C=O) groups is 3. The number of urea groups is 2. The van der Waals surface area contributed by atoms with E-state index in [1.165, 1.54) is 30.7 Å². The van der Waals surface area contributed by atoms with Gasteiger partial charge in [0.2, 0.25) is 0 Å². The highest BCUT2D eigenvalue weighted by Crippen LogP contribution is 2.29. The Bertz CT molecular complexity index is 1350. The first-order valence-corrected chi connectivity index (χ1v) is 17.2. The molecule has 0 saturated heterocycles. The fourth-order valence-electron chi connectivity index (χ4n) is 6.17. The Balaban J connectivity index is 1.55. The summed E-state index contributed by atoms with van der Waals surface area (Å²) in [6.07, 6.45) is 7.27. The van der Waals surface area contributed by atoms with E-state index >= 15 is 0 Å². The number of nitrogens with one attached hydrogen (secondary N) is 3. The number of aliphatic hydroxyl groups excluding tert-OH is 1. The summed E-state index contributed by atoms with van der Waals surface area (Å²) in [5, 5.41) is 18.8. The Morgan fingerprint density at radius 1 is 1.00 bits per heavy atom. The summed E-state index contributed by atoms with van der Waals surface area (Å²) in [4.78, 5) is 43.5. The fourth-order valence-corrected chi connectivity index (χ4v) is 6.17. The number of halogens is 1. The number of hydrogen-bond acceptors (Lipinski definition) is 6. The molecule has 1 aliphatic carbocycles. The number of rotatable bonds is 7. The van der Waals surface area contributed by atoms with Gasteiger partial charge in [0.15, 0.2) is 0 Å². The number of anilines is 2. The minimum atomic E-state index is -0.560. The van der Waals surface area contributed by atoms with Crippen LogP contribution in [0.15, 0.2) is 42.5 Å². The lowest BCUT2D eigenvalue weighted by atomic mass is 9.96. The van der Waals surface area contributed by atoms with E-state index in [0.717, 1.165) is 44.9 Å². The largest absolute Gasteiger partial charge is 0.490 e. The number of hydrogen-bond donors (Lipinski definition) is 4. The van der Waals surface area contributed by atoms with Crippen LogP contribution in [0.5, 0.6) is 5.75 Å². The lowest BCUT2D eigenvalue weighted by molar-refractivity contribution is -0.0123. The first-order chi connectivity index (χ1) is 23.0. The molecule has 11 nitrogen and oxygen atoms in total. The number of fused-ring (bicyclic) bond motifs is 1. The van der Waals surface area contributed by atoms with Crippen molar-refractivity contribution >= 4 is 29.3 Å². The molecule has 0 radical (unpaired) electrons. The summed E-state index contributed by atoms with van der Waals surface area (Å²) in [5.74, 6) is -0.598. The standard InChI is InChI=1S/C36H52FN5O6/c1-24-21-42(25(2)23-43)34(44)31-20-30(39-35(45)38-29-15-13-27(37)14-16-29)17-18-32(31)48-26(3)10-8-9-19-47-33(24)22-41(4)36(46)40-28-11-6-5-7-12-28/h13-18,20,24-26,28,33,43H,5-12,19,21-23H2,1-4H3,(H,40,46)(H2,38,39,45)/t24-,25+,26-,33-/m1/s1. The third-order valence-electron chi connectivity index (χ3n) is 9.14. The first kappa shape index (κ1) is 36.9. The Hall–Kier alpha value is -3.90. The van der Waals surface area contributed by atoms with Gasteiger partial charge in [0.05, 0.1) is 30.4 Å². The highest BCUT2D eigenvalue weighted by Gasteiger charge is 2.31. The number of ether oxygens (including phenoxy) is 2. The predicted octanol–water partition coefficient (Wildman–Crippen LogP) is 6.24. The molecule has 4 N–H and O–H groups in total. The van der Waals surface area contributed by atoms with Crippen LogP contribution in [-0.2, 0) is 4.74 Å². The Labute approximate surface area is 283 Å². The second-order valence-corrected chi connectivity index (χ2v) is 13.3. The second kappa shape index (κ2) is 18.0. The molecule has 2 aliphatic rings. The number of likely N-dealkylation sites (N-methyl/N-ethyl adjacent to an activating group) is 1. The predicted molar refractivity (Wildman–Crippen MR) is 184 cm³/mol. The maximum Gasteiger partial charge on any atom is 0.323 e. The van der Waals surface area contributed by atoms with Crippen molar-refractivity contribution in [2.24, 2.45) is 5.92 Å². The maximum absolute atomic E-state index is 14.3. The highest BCUT2D eigenvalue weighted by molar-refractivity contribution is 6.02. The van der Waals surface area contributed by atoms with Crippen molar-refractivity contribution in [3.63, 3.8) is 0 Å². The van der Waals surface area contributed by atoms with Crippen molar-refractivity contribution < 1.29 is 33.4 Å². The van der Waals surface area contributed by atoms with Gasteiger partial charge in [-0.15, -0.1) is 0 Å². The van der Waals surface area contributed by atoms with E-state index in [1.807, 2.05) is 13.8 Å². The van der Waals surface area contributed by atoms with Gasteiger partial charge in [0, 0.05) is 50.1 Å². The molecule has 0 bridgehead atoms. The topological polar surface area (TPSA) is 132 Å². The average Bonchev–Trinajstić information content (AvgIpc) is 3.07. The Morgan fingerprint density at radius 2 is 1.67 bits per heavy atom. The quantitative estimate of drug-likeness (QED) is 0.276. The molecule has 0 unspecified atom stereocenters. The van der Waals surface area contributed by atoms with Crippen LogP contribution < -0.4 is 20.7 Å². The van der Waals surface area contributed by atoms with Crippen LogP contribution in [0, 0.1) is 11.7 Å². The normalized spacial score (nSPS) is 22.0. The SMILES string of the molecule is C[C@@H]1CCCCO[C@H](CN(C)C(=O)NC2CCCCC2)[C@H](C)CN([C@@H](C)CO)C(=O)c2cc(NC(=O)Nc3ccc(F)cc3)ccc2O1. The summed E-state index contributed by atoms with van der Waals surface area (Å²) in [7, 11) is 1.77. The molecule has 48 heavy (non-hydrogen) atoms. The molecule has 4 atom stereocenters. The number of benzene rings is 2. The molecule has 2 aromatic carbocycles. The van der Waals surface area contributed by atoms with E-state index in [0.29, 0.717) is 30.3 Å². The van der Waals surface area contributed by atoms with Crippen molar-refractivity contribution in [1.29, 1.82) is 0 Å². The van der Waals surface area contributed by atoms with Crippen LogP contribution in [0.4, 0.5) is 25.4 Å². The van der Waals surface area contributed by atoms with Gasteiger partial charge in [0.1, 0.15) is 11.6 Å². The molecule has 264 valence electrons. The number of aliphatic hydroxyl groups is 1. The highest BCUT2D eigenvalue weighted by atomic mass is 19.1. The molecule has 1 fully saturated rings. The van der Waals surface area contributed by atoms with Gasteiger partial charge in [0.25, 0.3) is 5.91 Å². The maximum atomic E-state index is 14.3. The summed E-state index contributed by atoms with van der Waals surface area (Å²) >= 11 is 0. The van der Waals surface area contributed by atoms with Gasteiger partial charge < -0.3 is 40.3 Å². The van der Waals surface area contributed by atoms with Crippen LogP contribution in [0.2, 0.25) is 0 Å². The molecule has 1 heterocycles. The van der Waals surface area contributed by atoms with Crippen molar-refractivity contribution in [3.8, 4) is 5.75 Å². The fraction of sp³-hybridized carbons (Fsp3) is 0.583. The van der Waals surface area contributed by atoms with Gasteiger partial charge >= 0.3 is 12.1 Å². The number of amides is 5. The molecule has 0 spiro atoms. The molecule has 1 aliphatic heterocycles. The molecule has 2 aromatic rings.